The number of amides is 1. The summed E-state index contributed by atoms with van der Waals surface area (Å²) >= 11 is 0. The maximum atomic E-state index is 11.4. The van der Waals surface area contributed by atoms with Crippen LogP contribution in [0.5, 0.6) is 0 Å². The number of rotatable bonds is 2. The molecule has 3 N–H and O–H groups in total. The molecule has 0 saturated heterocycles. The lowest BCUT2D eigenvalue weighted by atomic mass is 9.86. The maximum absolute atomic E-state index is 11.4. The highest BCUT2D eigenvalue weighted by Crippen LogP contribution is 2.27. The second-order valence-corrected chi connectivity index (χ2v) is 5.60. The Morgan fingerprint density at radius 3 is 3.09 bits per heavy atom. The second-order valence-electron chi connectivity index (χ2n) is 5.60. The van der Waals surface area contributed by atoms with E-state index < -0.39 is 5.91 Å². The molecule has 1 aromatic carbocycles. The Morgan fingerprint density at radius 2 is 2.27 bits per heavy atom. The van der Waals surface area contributed by atoms with Crippen LogP contribution in [0.15, 0.2) is 53.3 Å². The van der Waals surface area contributed by atoms with Gasteiger partial charge in [0.15, 0.2) is 0 Å². The van der Waals surface area contributed by atoms with Crippen LogP contribution in [-0.2, 0) is 11.8 Å². The zero-order valence-electron chi connectivity index (χ0n) is 12.0. The van der Waals surface area contributed by atoms with Gasteiger partial charge in [0.25, 0.3) is 0 Å². The van der Waals surface area contributed by atoms with Crippen LogP contribution in [0, 0.1) is 5.92 Å². The predicted molar refractivity (Wildman–Crippen MR) is 84.1 cm³/mol. The zero-order chi connectivity index (χ0) is 15.3. The van der Waals surface area contributed by atoms with Crippen molar-refractivity contribution in [1.29, 1.82) is 0 Å². The summed E-state index contributed by atoms with van der Waals surface area (Å²) in [5.41, 5.74) is 11.9. The Bertz CT molecular complexity index is 874. The summed E-state index contributed by atoms with van der Waals surface area (Å²) in [5.74, 6) is -0.398. The summed E-state index contributed by atoms with van der Waals surface area (Å²) in [4.78, 5) is 11.4. The number of carbonyl (C=O) groups is 1. The molecule has 1 aromatic heterocycles. The number of nitrogens with zero attached hydrogens (tertiary/aromatic N) is 3. The third kappa shape index (κ3) is 1.92. The molecule has 1 aliphatic carbocycles. The van der Waals surface area contributed by atoms with Crippen molar-refractivity contribution in [2.24, 2.45) is 23.8 Å². The Kier molecular flexibility index (Phi) is 2.66. The third-order valence-electron chi connectivity index (χ3n) is 4.08. The first kappa shape index (κ1) is 12.8. The average Bonchev–Trinajstić information content (AvgIpc) is 3.07. The fourth-order valence-corrected chi connectivity index (χ4v) is 3.00. The van der Waals surface area contributed by atoms with E-state index >= 15 is 0 Å². The van der Waals surface area contributed by atoms with E-state index in [-0.39, 0.29) is 12.0 Å². The number of hydrogen-bond donors (Lipinski definition) is 2. The zero-order valence-corrected chi connectivity index (χ0v) is 12.0. The Morgan fingerprint density at radius 1 is 1.41 bits per heavy atom. The van der Waals surface area contributed by atoms with Gasteiger partial charge in [0.1, 0.15) is 0 Å². The quantitative estimate of drug-likeness (QED) is 0.860. The number of fused-ring (bicyclic) bond motifs is 2. The van der Waals surface area contributed by atoms with E-state index in [1.54, 1.807) is 10.8 Å². The summed E-state index contributed by atoms with van der Waals surface area (Å²) in [7, 11) is 1.90. The normalized spacial score (nSPS) is 23.0. The molecule has 6 heteroatoms. The molecule has 1 aliphatic heterocycles. The van der Waals surface area contributed by atoms with E-state index in [4.69, 9.17) is 5.73 Å². The minimum Gasteiger partial charge on any atom is -0.366 e. The number of aromatic nitrogens is 2. The van der Waals surface area contributed by atoms with Crippen molar-refractivity contribution in [1.82, 2.24) is 15.2 Å². The van der Waals surface area contributed by atoms with Crippen molar-refractivity contribution in [3.63, 3.8) is 0 Å². The highest BCUT2D eigenvalue weighted by molar-refractivity contribution is 6.08. The van der Waals surface area contributed by atoms with Crippen LogP contribution in [0.2, 0.25) is 0 Å². The highest BCUT2D eigenvalue weighted by Gasteiger charge is 2.32. The number of hydrogen-bond acceptors (Lipinski definition) is 4. The molecule has 4 rings (SSSR count). The first-order valence-corrected chi connectivity index (χ1v) is 7.08. The van der Waals surface area contributed by atoms with E-state index in [9.17, 15) is 4.79 Å². The number of aryl methyl sites for hydroxylation is 1. The molecule has 110 valence electrons. The van der Waals surface area contributed by atoms with Gasteiger partial charge in [0, 0.05) is 30.1 Å². The van der Waals surface area contributed by atoms with Crippen LogP contribution < -0.4 is 11.2 Å². The first-order chi connectivity index (χ1) is 10.6. The lowest BCUT2D eigenvalue weighted by molar-refractivity contribution is -0.114. The van der Waals surface area contributed by atoms with Crippen molar-refractivity contribution in [3.05, 3.63) is 53.8 Å². The van der Waals surface area contributed by atoms with E-state index in [1.165, 1.54) is 0 Å². The van der Waals surface area contributed by atoms with E-state index in [0.29, 0.717) is 5.57 Å². The number of nitrogens with one attached hydrogen (secondary N) is 1. The lowest BCUT2D eigenvalue weighted by Gasteiger charge is -2.18. The van der Waals surface area contributed by atoms with Crippen LogP contribution in [0.4, 0.5) is 0 Å². The van der Waals surface area contributed by atoms with Crippen molar-refractivity contribution >= 4 is 22.5 Å². The molecule has 2 heterocycles. The number of hydrazone groups is 1. The molecule has 0 spiro atoms. The smallest absolute Gasteiger partial charge is 0.248 e. The van der Waals surface area contributed by atoms with Gasteiger partial charge < -0.3 is 11.2 Å². The predicted octanol–water partition coefficient (Wildman–Crippen LogP) is 0.847. The molecule has 2 aromatic rings. The monoisotopic (exact) mass is 293 g/mol. The SMILES string of the molecule is Cn1cc2cc(C3=NNC4C=CC(C(N)=O)=CC34)ccc2n1. The number of carbonyl (C=O) groups excluding carboxylic acids is 1. The minimum absolute atomic E-state index is 0.0154. The maximum Gasteiger partial charge on any atom is 0.248 e. The standard InChI is InChI=1S/C16H15N5O/c1-21-8-11-6-9(2-4-13(11)20-21)15-12-7-10(16(17)22)3-5-14(12)18-19-15/h2-8,12,14,18H,1H3,(H2,17,22). The fraction of sp³-hybridized carbons (Fsp3) is 0.188. The van der Waals surface area contributed by atoms with Crippen molar-refractivity contribution in [2.75, 3.05) is 0 Å². The van der Waals surface area contributed by atoms with E-state index in [0.717, 1.165) is 22.2 Å². The molecular formula is C16H15N5O. The number of benzene rings is 1. The highest BCUT2D eigenvalue weighted by atomic mass is 16.1. The Balaban J connectivity index is 1.75. The van der Waals surface area contributed by atoms with Crippen LogP contribution in [0.1, 0.15) is 5.56 Å². The molecule has 0 saturated carbocycles. The molecule has 2 atom stereocenters. The molecule has 0 fully saturated rings. The van der Waals surface area contributed by atoms with Crippen LogP contribution >= 0.6 is 0 Å². The molecule has 1 amide bonds. The van der Waals surface area contributed by atoms with Crippen molar-refractivity contribution in [3.8, 4) is 0 Å². The van der Waals surface area contributed by atoms with Crippen molar-refractivity contribution in [2.45, 2.75) is 6.04 Å². The molecule has 2 aliphatic rings. The van der Waals surface area contributed by atoms with Gasteiger partial charge in [-0.2, -0.15) is 10.2 Å². The summed E-state index contributed by atoms with van der Waals surface area (Å²) < 4.78 is 1.79. The molecule has 2 unspecified atom stereocenters. The van der Waals surface area contributed by atoms with Crippen LogP contribution in [0.25, 0.3) is 10.9 Å². The molecule has 22 heavy (non-hydrogen) atoms. The van der Waals surface area contributed by atoms with Gasteiger partial charge in [-0.1, -0.05) is 24.3 Å². The lowest BCUT2D eigenvalue weighted by Crippen LogP contribution is -2.30. The second kappa shape index (κ2) is 4.56. The summed E-state index contributed by atoms with van der Waals surface area (Å²) in [6, 6.07) is 6.13. The topological polar surface area (TPSA) is 85.3 Å². The number of nitrogens with two attached hydrogens (primary N) is 1. The molecule has 0 bridgehead atoms. The third-order valence-corrected chi connectivity index (χ3v) is 4.08. The van der Waals surface area contributed by atoms with Crippen LogP contribution in [0.3, 0.4) is 0 Å². The summed E-state index contributed by atoms with van der Waals surface area (Å²) in [6.45, 7) is 0. The molecule has 0 radical (unpaired) electrons. The average molecular weight is 293 g/mol. The summed E-state index contributed by atoms with van der Waals surface area (Å²) in [6.07, 6.45) is 7.55. The Labute approximate surface area is 127 Å². The minimum atomic E-state index is -0.413. The van der Waals surface area contributed by atoms with Gasteiger partial charge in [-0.3, -0.25) is 9.48 Å². The summed E-state index contributed by atoms with van der Waals surface area (Å²) in [5, 5.41) is 9.89. The first-order valence-electron chi connectivity index (χ1n) is 7.08. The fourth-order valence-electron chi connectivity index (χ4n) is 3.00. The largest absolute Gasteiger partial charge is 0.366 e. The molecular weight excluding hydrogens is 278 g/mol. The van der Waals surface area contributed by atoms with Gasteiger partial charge in [-0.05, 0) is 17.7 Å². The van der Waals surface area contributed by atoms with E-state index in [2.05, 4.69) is 21.7 Å². The van der Waals surface area contributed by atoms with Gasteiger partial charge in [-0.15, -0.1) is 0 Å². The van der Waals surface area contributed by atoms with Crippen molar-refractivity contribution < 1.29 is 4.79 Å². The van der Waals surface area contributed by atoms with Gasteiger partial charge >= 0.3 is 0 Å². The van der Waals surface area contributed by atoms with Gasteiger partial charge in [0.2, 0.25) is 5.91 Å². The Hall–Kier alpha value is -2.89. The van der Waals surface area contributed by atoms with E-state index in [1.807, 2.05) is 37.5 Å². The van der Waals surface area contributed by atoms with Gasteiger partial charge in [0.05, 0.1) is 17.3 Å². The van der Waals surface area contributed by atoms with Crippen LogP contribution in [-0.4, -0.2) is 27.4 Å². The molecule has 6 nitrogen and oxygen atoms in total. The van der Waals surface area contributed by atoms with Gasteiger partial charge in [-0.25, -0.2) is 0 Å². The number of primary amides is 1.